The topological polar surface area (TPSA) is 170 Å². The molecule has 4 heterocycles. The molecule has 2 aliphatic rings. The van der Waals surface area contributed by atoms with E-state index in [1.165, 1.54) is 48.8 Å². The number of piperazine rings is 2. The maximum Gasteiger partial charge on any atom is 0.410 e. The lowest BCUT2D eigenvalue weighted by Gasteiger charge is -2.35. The van der Waals surface area contributed by atoms with Crippen LogP contribution < -0.4 is 9.80 Å². The number of carbonyl (C=O) groups excluding carboxylic acids is 3. The Morgan fingerprint density at radius 1 is 0.565 bits per heavy atom. The summed E-state index contributed by atoms with van der Waals surface area (Å²) in [6.45, 7) is 20.9. The molecule has 2 amide bonds. The molecule has 0 radical (unpaired) electrons. The summed E-state index contributed by atoms with van der Waals surface area (Å²) in [5, 5.41) is 0. The van der Waals surface area contributed by atoms with Crippen LogP contribution in [0.5, 0.6) is 0 Å². The van der Waals surface area contributed by atoms with Crippen molar-refractivity contribution in [2.24, 2.45) is 4.40 Å². The van der Waals surface area contributed by atoms with Gasteiger partial charge in [-0.3, -0.25) is 4.79 Å². The number of hydrogen-bond acceptors (Lipinski definition) is 13. The number of anilines is 2. The zero-order valence-corrected chi connectivity index (χ0v) is 37.5. The fraction of sp³-hybridized carbons (Fsp3) is 0.455. The molecule has 4 aromatic rings. The minimum atomic E-state index is -1.52. The van der Waals surface area contributed by atoms with Crippen molar-refractivity contribution in [3.8, 4) is 0 Å². The number of aromatic nitrogens is 4. The van der Waals surface area contributed by atoms with Gasteiger partial charge in [-0.25, -0.2) is 38.3 Å². The van der Waals surface area contributed by atoms with Crippen LogP contribution in [-0.4, -0.2) is 126 Å². The van der Waals surface area contributed by atoms with Crippen LogP contribution in [0.25, 0.3) is 0 Å². The third-order valence-corrected chi connectivity index (χ3v) is 10.6. The number of benzene rings is 2. The Hall–Kier alpha value is -5.75. The highest BCUT2D eigenvalue weighted by atomic mass is 32.2. The Labute approximate surface area is 364 Å². The maximum absolute atomic E-state index is 13.5. The summed E-state index contributed by atoms with van der Waals surface area (Å²) in [4.78, 5) is 61.6. The molecule has 0 bridgehead atoms. The van der Waals surface area contributed by atoms with Crippen LogP contribution in [-0.2, 0) is 20.8 Å². The van der Waals surface area contributed by atoms with E-state index in [2.05, 4.69) is 24.3 Å². The molecule has 0 saturated carbocycles. The first-order valence-electron chi connectivity index (χ1n) is 20.2. The van der Waals surface area contributed by atoms with E-state index >= 15 is 0 Å². The summed E-state index contributed by atoms with van der Waals surface area (Å²) in [6.07, 6.45) is 5.54. The lowest BCUT2D eigenvalue weighted by Crippen LogP contribution is -2.50. The Bertz CT molecular complexity index is 2160. The fourth-order valence-corrected chi connectivity index (χ4v) is 6.56. The van der Waals surface area contributed by atoms with Gasteiger partial charge in [-0.2, -0.15) is 0 Å². The Morgan fingerprint density at radius 3 is 1.27 bits per heavy atom. The smallest absolute Gasteiger partial charge is 0.410 e. The summed E-state index contributed by atoms with van der Waals surface area (Å²) < 4.78 is 53.9. The molecule has 2 aromatic carbocycles. The zero-order valence-electron chi connectivity index (χ0n) is 36.7. The van der Waals surface area contributed by atoms with Crippen molar-refractivity contribution in [1.29, 1.82) is 0 Å². The van der Waals surface area contributed by atoms with Gasteiger partial charge in [-0.05, 0) is 111 Å². The normalized spacial score (nSPS) is 15.6. The molecule has 2 fully saturated rings. The van der Waals surface area contributed by atoms with E-state index in [1.54, 1.807) is 34.3 Å². The van der Waals surface area contributed by atoms with Gasteiger partial charge < -0.3 is 33.6 Å². The average Bonchev–Trinajstić information content (AvgIpc) is 3.22. The van der Waals surface area contributed by atoms with Crippen LogP contribution in [0.4, 0.5) is 30.3 Å². The summed E-state index contributed by atoms with van der Waals surface area (Å²) >= 11 is -1.52. The molecule has 2 aliphatic heterocycles. The van der Waals surface area contributed by atoms with Gasteiger partial charge in [0.15, 0.2) is 5.78 Å². The number of halogens is 2. The molecule has 2 aromatic heterocycles. The van der Waals surface area contributed by atoms with Gasteiger partial charge in [-0.1, -0.05) is 4.40 Å². The second-order valence-corrected chi connectivity index (χ2v) is 19.5. The number of ketones is 1. The Morgan fingerprint density at radius 2 is 0.919 bits per heavy atom. The van der Waals surface area contributed by atoms with Gasteiger partial charge in [0.2, 0.25) is 11.9 Å². The number of hydrogen-bond donors (Lipinski definition) is 0. The number of nitrogens with zero attached hydrogens (tertiary/aromatic N) is 9. The first-order valence-corrected chi connectivity index (χ1v) is 21.3. The molecule has 18 heteroatoms. The van der Waals surface area contributed by atoms with E-state index < -0.39 is 33.1 Å². The number of carbonyl (C=O) groups is 3. The van der Waals surface area contributed by atoms with E-state index in [0.717, 1.165) is 0 Å². The van der Waals surface area contributed by atoms with Crippen LogP contribution in [0.1, 0.15) is 89.4 Å². The van der Waals surface area contributed by atoms with E-state index in [4.69, 9.17) is 9.47 Å². The molecule has 1 atom stereocenters. The van der Waals surface area contributed by atoms with Gasteiger partial charge in [0.25, 0.3) is 0 Å². The molecule has 0 N–H and O–H groups in total. The van der Waals surface area contributed by atoms with Crippen molar-refractivity contribution in [2.45, 2.75) is 78.3 Å². The van der Waals surface area contributed by atoms with E-state index in [0.29, 0.717) is 92.2 Å². The minimum absolute atomic E-state index is 0.263. The van der Waals surface area contributed by atoms with Gasteiger partial charge >= 0.3 is 12.2 Å². The van der Waals surface area contributed by atoms with Crippen LogP contribution in [0, 0.1) is 11.6 Å². The highest BCUT2D eigenvalue weighted by Crippen LogP contribution is 2.22. The molecule has 62 heavy (non-hydrogen) atoms. The van der Waals surface area contributed by atoms with Crippen molar-refractivity contribution in [2.75, 3.05) is 62.2 Å². The van der Waals surface area contributed by atoms with E-state index in [9.17, 15) is 27.7 Å². The quantitative estimate of drug-likeness (QED) is 0.107. The number of amides is 2. The van der Waals surface area contributed by atoms with Gasteiger partial charge in [0, 0.05) is 93.8 Å². The largest absolute Gasteiger partial charge is 0.591 e. The lowest BCUT2D eigenvalue weighted by molar-refractivity contribution is 0.0229. The highest BCUT2D eigenvalue weighted by molar-refractivity contribution is 7.91. The van der Waals surface area contributed by atoms with Crippen molar-refractivity contribution in [1.82, 2.24) is 29.7 Å². The standard InChI is InChI=1S/C24H32FN5O3S.C20H23FN4O3/c1-23(2,3)33-22(31)30-13-11-29(12-14-30)21-26-15-18(16-27-21)20(28-34(32)24(4,5)6)17-7-9-19(25)10-8-17;1-20(2,3)28-19(27)25-10-8-24(9-11-25)18-22-12-15(13-23-18)17(26)14-4-6-16(21)7-5-14/h7-10,15-16H,11-14H2,1-6H3;4-7,12-13H,8-11H2,1-3H3/b28-20-;/t34-;/m0./s1. The highest BCUT2D eigenvalue weighted by Gasteiger charge is 2.30. The minimum Gasteiger partial charge on any atom is -0.591 e. The molecule has 0 spiro atoms. The predicted octanol–water partition coefficient (Wildman–Crippen LogP) is 6.88. The van der Waals surface area contributed by atoms with Gasteiger partial charge in [-0.15, -0.1) is 0 Å². The van der Waals surface area contributed by atoms with Crippen LogP contribution in [0.2, 0.25) is 0 Å². The molecule has 2 saturated heterocycles. The molecular weight excluding hydrogens is 821 g/mol. The first-order chi connectivity index (χ1) is 29.1. The molecule has 0 unspecified atom stereocenters. The molecule has 15 nitrogen and oxygen atoms in total. The van der Waals surface area contributed by atoms with Crippen molar-refractivity contribution in [3.63, 3.8) is 0 Å². The second-order valence-electron chi connectivity index (χ2n) is 17.6. The predicted molar refractivity (Wildman–Crippen MR) is 234 cm³/mol. The molecule has 0 aliphatic carbocycles. The Kier molecular flexibility index (Phi) is 15.2. The SMILES string of the molecule is CC(C)(C)OC(=O)N1CCN(c2ncc(/C(=N\[S@@+]([O-])C(C)(C)C)c3ccc(F)cc3)cn2)CC1.CC(C)(C)OC(=O)N1CCN(c2ncc(C(=O)c3ccc(F)cc3)cn2)CC1. The van der Waals surface area contributed by atoms with E-state index in [-0.39, 0.29) is 23.8 Å². The van der Waals surface area contributed by atoms with Crippen molar-refractivity contribution < 1.29 is 37.2 Å². The van der Waals surface area contributed by atoms with Crippen LogP contribution >= 0.6 is 0 Å². The van der Waals surface area contributed by atoms with Crippen LogP contribution in [0.3, 0.4) is 0 Å². The number of rotatable bonds is 7. The fourth-order valence-electron chi connectivity index (χ4n) is 5.91. The average molecular weight is 876 g/mol. The van der Waals surface area contributed by atoms with Gasteiger partial charge in [0.05, 0.1) is 5.56 Å². The lowest BCUT2D eigenvalue weighted by atomic mass is 10.1. The van der Waals surface area contributed by atoms with Crippen molar-refractivity contribution in [3.05, 3.63) is 107 Å². The zero-order chi connectivity index (χ0) is 45.4. The van der Waals surface area contributed by atoms with Crippen molar-refractivity contribution >= 4 is 46.9 Å². The van der Waals surface area contributed by atoms with E-state index in [1.807, 2.05) is 72.1 Å². The second kappa shape index (κ2) is 20.0. The first kappa shape index (κ1) is 47.3. The Balaban J connectivity index is 0.000000238. The monoisotopic (exact) mass is 875 g/mol. The number of ether oxygens (including phenoxy) is 2. The summed E-state index contributed by atoms with van der Waals surface area (Å²) in [5.74, 6) is 0.00890. The third-order valence-electron chi connectivity index (χ3n) is 9.16. The molecule has 332 valence electrons. The van der Waals surface area contributed by atoms with Crippen LogP contribution in [0.15, 0.2) is 77.7 Å². The van der Waals surface area contributed by atoms with Gasteiger partial charge in [0.1, 0.15) is 44.7 Å². The maximum atomic E-state index is 13.5. The summed E-state index contributed by atoms with van der Waals surface area (Å²) in [5.41, 5.74) is 1.31. The summed E-state index contributed by atoms with van der Waals surface area (Å²) in [6, 6.07) is 11.2. The molecule has 6 rings (SSSR count). The third kappa shape index (κ3) is 13.6. The molecular formula is C44H55F2N9O6S. The summed E-state index contributed by atoms with van der Waals surface area (Å²) in [7, 11) is 0.